The van der Waals surface area contributed by atoms with Gasteiger partial charge in [0.2, 0.25) is 0 Å². The Morgan fingerprint density at radius 1 is 1.11 bits per heavy atom. The number of hydrogen-bond acceptors (Lipinski definition) is 9. The van der Waals surface area contributed by atoms with Crippen molar-refractivity contribution in [2.45, 2.75) is 4.90 Å². The number of nitrogen functional groups attached to an aromatic ring is 1. The van der Waals surface area contributed by atoms with Gasteiger partial charge in [0.05, 0.1) is 22.5 Å². The van der Waals surface area contributed by atoms with Gasteiger partial charge in [0.25, 0.3) is 0 Å². The van der Waals surface area contributed by atoms with Gasteiger partial charge in [-0.1, -0.05) is 23.2 Å². The highest BCUT2D eigenvalue weighted by atomic mass is 32.2. The summed E-state index contributed by atoms with van der Waals surface area (Å²) in [5.41, 5.74) is 6.26. The lowest BCUT2D eigenvalue weighted by Gasteiger charge is -2.09. The number of aromatic carboxylic acids is 1. The van der Waals surface area contributed by atoms with Crippen LogP contribution in [0.25, 0.3) is 10.8 Å². The van der Waals surface area contributed by atoms with Gasteiger partial charge >= 0.3 is 5.97 Å². The van der Waals surface area contributed by atoms with Crippen LogP contribution in [-0.4, -0.2) is 21.4 Å². The Bertz CT molecular complexity index is 1040. The van der Waals surface area contributed by atoms with Crippen LogP contribution in [0, 0.1) is 0 Å². The third kappa shape index (κ3) is 3.99. The number of anilines is 1. The number of aromatic hydroxyl groups is 1. The fourth-order valence-corrected chi connectivity index (χ4v) is 2.91. The average Bonchev–Trinajstić information content (AvgIpc) is 2.66. The summed E-state index contributed by atoms with van der Waals surface area (Å²) in [6.07, 6.45) is 0. The minimum Gasteiger partial charge on any atom is -0.505 e. The van der Waals surface area contributed by atoms with E-state index in [1.165, 1.54) is 12.1 Å². The molecule has 5 N–H and O–H groups in total. The molecule has 0 aliphatic heterocycles. The lowest BCUT2D eigenvalue weighted by atomic mass is 10.1. The summed E-state index contributed by atoms with van der Waals surface area (Å²) in [6, 6.07) is 12.6. The Hall–Kier alpha value is -3.18. The maximum Gasteiger partial charge on any atom is 0.337 e. The summed E-state index contributed by atoms with van der Waals surface area (Å²) in [4.78, 5) is 11.6. The van der Waals surface area contributed by atoms with Crippen LogP contribution in [0.4, 0.5) is 17.1 Å². The van der Waals surface area contributed by atoms with E-state index in [2.05, 4.69) is 19.6 Å². The van der Waals surface area contributed by atoms with Gasteiger partial charge in [0.1, 0.15) is 11.4 Å². The molecule has 0 bridgehead atoms. The number of azo groups is 1. The number of nitrogens with two attached hydrogens (primary N) is 1. The summed E-state index contributed by atoms with van der Waals surface area (Å²) in [7, 11) is 0. The van der Waals surface area contributed by atoms with Crippen molar-refractivity contribution >= 4 is 45.8 Å². The zero-order valence-corrected chi connectivity index (χ0v) is 14.4. The van der Waals surface area contributed by atoms with Crippen molar-refractivity contribution in [3.05, 3.63) is 54.1 Å². The first-order valence-electron chi connectivity index (χ1n) is 7.45. The van der Waals surface area contributed by atoms with E-state index in [1.807, 2.05) is 0 Å². The molecule has 0 aromatic heterocycles. The number of carbonyl (C=O) groups is 1. The fraction of sp³-hybridized carbons (Fsp3) is 0. The van der Waals surface area contributed by atoms with Crippen LogP contribution >= 0.6 is 12.0 Å². The van der Waals surface area contributed by atoms with Gasteiger partial charge in [-0.05, 0) is 35.7 Å². The van der Waals surface area contributed by atoms with Gasteiger partial charge in [-0.3, -0.25) is 0 Å². The number of phenols is 1. The van der Waals surface area contributed by atoms with Crippen molar-refractivity contribution < 1.29 is 29.6 Å². The topological polar surface area (TPSA) is 147 Å². The zero-order chi connectivity index (χ0) is 19.4. The molecule has 0 aliphatic carbocycles. The Kier molecular flexibility index (Phi) is 5.52. The van der Waals surface area contributed by atoms with Crippen LogP contribution < -0.4 is 5.73 Å². The highest BCUT2D eigenvalue weighted by Crippen LogP contribution is 2.44. The predicted molar refractivity (Wildman–Crippen MR) is 98.3 cm³/mol. The lowest BCUT2D eigenvalue weighted by molar-refractivity contribution is -0.432. The standard InChI is InChI=1S/C17H13N3O6S/c18-10-6-5-9-7-14(27-26-25-24)15(16(21)12(9)8-10)20-19-13-4-2-1-3-11(13)17(22)23/h1-8,21,24H,18H2,(H,22,23). The number of rotatable bonds is 6. The first-order chi connectivity index (χ1) is 13.0. The van der Waals surface area contributed by atoms with E-state index in [0.29, 0.717) is 28.5 Å². The molecule has 0 amide bonds. The Labute approximate surface area is 156 Å². The van der Waals surface area contributed by atoms with E-state index in [1.54, 1.807) is 36.4 Å². The third-order valence-corrected chi connectivity index (χ3v) is 4.24. The second-order valence-electron chi connectivity index (χ2n) is 5.30. The van der Waals surface area contributed by atoms with E-state index in [-0.39, 0.29) is 27.6 Å². The zero-order valence-electron chi connectivity index (χ0n) is 13.6. The SMILES string of the molecule is Nc1ccc2cc(SOOO)c(N=Nc3ccccc3C(=O)O)c(O)c2c1. The van der Waals surface area contributed by atoms with Crippen LogP contribution in [0.15, 0.2) is 63.7 Å². The monoisotopic (exact) mass is 387 g/mol. The predicted octanol–water partition coefficient (Wildman–Crippen LogP) is 4.67. The summed E-state index contributed by atoms with van der Waals surface area (Å²) < 4.78 is 4.44. The number of nitrogens with zero attached hydrogens (tertiary/aromatic N) is 2. The molecule has 0 aliphatic rings. The van der Waals surface area contributed by atoms with E-state index < -0.39 is 5.97 Å². The second kappa shape index (κ2) is 8.01. The van der Waals surface area contributed by atoms with Gasteiger partial charge in [0, 0.05) is 11.1 Å². The first kappa shape index (κ1) is 18.6. The second-order valence-corrected chi connectivity index (χ2v) is 6.04. The van der Waals surface area contributed by atoms with E-state index in [9.17, 15) is 15.0 Å². The molecule has 3 aromatic rings. The van der Waals surface area contributed by atoms with Crippen molar-refractivity contribution in [3.63, 3.8) is 0 Å². The normalized spacial score (nSPS) is 11.3. The van der Waals surface area contributed by atoms with E-state index >= 15 is 0 Å². The molecule has 27 heavy (non-hydrogen) atoms. The number of benzene rings is 3. The maximum atomic E-state index is 11.3. The molecule has 0 atom stereocenters. The Morgan fingerprint density at radius 2 is 1.89 bits per heavy atom. The molecule has 0 radical (unpaired) electrons. The molecule has 0 saturated heterocycles. The van der Waals surface area contributed by atoms with Crippen LogP contribution in [0.2, 0.25) is 0 Å². The molecule has 0 spiro atoms. The molecule has 0 heterocycles. The molecule has 0 saturated carbocycles. The summed E-state index contributed by atoms with van der Waals surface area (Å²) in [6.45, 7) is 0. The molecule has 0 unspecified atom stereocenters. The maximum absolute atomic E-state index is 11.3. The molecule has 3 rings (SSSR count). The summed E-state index contributed by atoms with van der Waals surface area (Å²) in [5.74, 6) is -1.40. The molecular weight excluding hydrogens is 374 g/mol. The fourth-order valence-electron chi connectivity index (χ4n) is 2.42. The van der Waals surface area contributed by atoms with Crippen molar-refractivity contribution in [2.75, 3.05) is 5.73 Å². The minimum absolute atomic E-state index is 0.00431. The van der Waals surface area contributed by atoms with Gasteiger partial charge in [-0.25, -0.2) is 10.1 Å². The Morgan fingerprint density at radius 3 is 2.63 bits per heavy atom. The number of fused-ring (bicyclic) bond motifs is 1. The van der Waals surface area contributed by atoms with Crippen LogP contribution in [-0.2, 0) is 9.37 Å². The largest absolute Gasteiger partial charge is 0.505 e. The number of hydrogen-bond donors (Lipinski definition) is 4. The van der Waals surface area contributed by atoms with Gasteiger partial charge in [-0.15, -0.1) is 14.6 Å². The third-order valence-electron chi connectivity index (χ3n) is 3.62. The molecular formula is C17H13N3O6S. The minimum atomic E-state index is -1.16. The van der Waals surface area contributed by atoms with Crippen LogP contribution in [0.5, 0.6) is 5.75 Å². The smallest absolute Gasteiger partial charge is 0.337 e. The molecule has 138 valence electrons. The highest BCUT2D eigenvalue weighted by Gasteiger charge is 2.16. The van der Waals surface area contributed by atoms with Crippen LogP contribution in [0.1, 0.15) is 10.4 Å². The summed E-state index contributed by atoms with van der Waals surface area (Å²) in [5, 5.41) is 40.8. The number of carboxylic acids is 1. The average molecular weight is 387 g/mol. The summed E-state index contributed by atoms with van der Waals surface area (Å²) >= 11 is 0.592. The van der Waals surface area contributed by atoms with Crippen molar-refractivity contribution in [2.24, 2.45) is 10.2 Å². The van der Waals surface area contributed by atoms with Crippen molar-refractivity contribution in [1.82, 2.24) is 0 Å². The number of phenolic OH excluding ortho intramolecular Hbond substituents is 1. The quantitative estimate of drug-likeness (QED) is 0.157. The molecule has 0 fully saturated rings. The molecule has 3 aromatic carbocycles. The van der Waals surface area contributed by atoms with Gasteiger partial charge in [0.15, 0.2) is 5.75 Å². The molecule has 9 nitrogen and oxygen atoms in total. The van der Waals surface area contributed by atoms with Gasteiger partial charge in [-0.2, -0.15) is 0 Å². The molecule has 10 heteroatoms. The number of carboxylic acid groups (broad SMARTS) is 1. The Balaban J connectivity index is 2.14. The van der Waals surface area contributed by atoms with Crippen LogP contribution in [0.3, 0.4) is 0 Å². The highest BCUT2D eigenvalue weighted by molar-refractivity contribution is 7.94. The lowest BCUT2D eigenvalue weighted by Crippen LogP contribution is -1.95. The first-order valence-corrected chi connectivity index (χ1v) is 8.19. The van der Waals surface area contributed by atoms with E-state index in [4.69, 9.17) is 11.0 Å². The van der Waals surface area contributed by atoms with E-state index in [0.717, 1.165) is 0 Å². The van der Waals surface area contributed by atoms with Gasteiger partial charge < -0.3 is 15.9 Å². The van der Waals surface area contributed by atoms with Crippen molar-refractivity contribution in [3.8, 4) is 5.75 Å². The van der Waals surface area contributed by atoms with Crippen molar-refractivity contribution in [1.29, 1.82) is 0 Å².